The van der Waals surface area contributed by atoms with Gasteiger partial charge >= 0.3 is 0 Å². The molecule has 0 bridgehead atoms. The quantitative estimate of drug-likeness (QED) is 0.653. The molecule has 0 radical (unpaired) electrons. The minimum atomic E-state index is 0.0992. The largest absolute Gasteiger partial charge is 0.506 e. The van der Waals surface area contributed by atoms with Crippen LogP contribution in [0.2, 0.25) is 0 Å². The summed E-state index contributed by atoms with van der Waals surface area (Å²) < 4.78 is 0. The van der Waals surface area contributed by atoms with E-state index in [2.05, 4.69) is 13.0 Å². The molecule has 0 aliphatic carbocycles. The first kappa shape index (κ1) is 13.7. The molecule has 1 aliphatic rings. The summed E-state index contributed by atoms with van der Waals surface area (Å²) in [4.78, 5) is 11.6. The molecular formula is C14H17NO3S. The lowest BCUT2D eigenvalue weighted by molar-refractivity contribution is -0.210. The summed E-state index contributed by atoms with van der Waals surface area (Å²) in [6.07, 6.45) is 4.99. The number of aliphatic hydroxyl groups is 1. The average Bonchev–Trinajstić information content (AvgIpc) is 2.96. The topological polar surface area (TPSA) is 64.7 Å². The van der Waals surface area contributed by atoms with Crippen LogP contribution in [-0.4, -0.2) is 11.7 Å². The molecule has 0 unspecified atom stereocenters. The molecule has 5 heteroatoms. The summed E-state index contributed by atoms with van der Waals surface area (Å²) in [5.41, 5.74) is 7.59. The van der Waals surface area contributed by atoms with Crippen LogP contribution in [0.3, 0.4) is 0 Å². The van der Waals surface area contributed by atoms with Crippen molar-refractivity contribution in [2.45, 2.75) is 20.3 Å². The van der Waals surface area contributed by atoms with E-state index >= 15 is 0 Å². The van der Waals surface area contributed by atoms with Gasteiger partial charge in [0, 0.05) is 10.6 Å². The highest BCUT2D eigenvalue weighted by Gasteiger charge is 2.21. The average molecular weight is 279 g/mol. The first-order valence-corrected chi connectivity index (χ1v) is 6.89. The Bertz CT molecular complexity index is 551. The van der Waals surface area contributed by atoms with Crippen molar-refractivity contribution in [2.75, 3.05) is 6.61 Å². The molecule has 4 nitrogen and oxygen atoms in total. The molecule has 19 heavy (non-hydrogen) atoms. The van der Waals surface area contributed by atoms with Crippen molar-refractivity contribution in [3.8, 4) is 0 Å². The van der Waals surface area contributed by atoms with Crippen LogP contribution in [0, 0.1) is 0 Å². The highest BCUT2D eigenvalue weighted by molar-refractivity contribution is 7.14. The number of hydrogen-bond acceptors (Lipinski definition) is 5. The van der Waals surface area contributed by atoms with Gasteiger partial charge < -0.3 is 15.7 Å². The summed E-state index contributed by atoms with van der Waals surface area (Å²) in [6.45, 7) is 4.04. The Hall–Kier alpha value is -1.72. The van der Waals surface area contributed by atoms with E-state index in [0.29, 0.717) is 5.76 Å². The van der Waals surface area contributed by atoms with E-state index in [-0.39, 0.29) is 12.4 Å². The fraction of sp³-hybridized carbons (Fsp3) is 0.286. The lowest BCUT2D eigenvalue weighted by Gasteiger charge is -2.00. The number of allylic oxidation sites excluding steroid dienone is 4. The second-order valence-electron chi connectivity index (χ2n) is 4.24. The van der Waals surface area contributed by atoms with Crippen LogP contribution in [0.1, 0.15) is 30.0 Å². The third-order valence-corrected chi connectivity index (χ3v) is 3.65. The molecule has 0 saturated heterocycles. The van der Waals surface area contributed by atoms with Gasteiger partial charge in [-0.3, -0.25) is 0 Å². The van der Waals surface area contributed by atoms with Gasteiger partial charge in [0.1, 0.15) is 0 Å². The molecule has 0 spiro atoms. The number of nitrogens with two attached hydrogens (primary N) is 1. The standard InChI is InChI=1S/C14H17NO3S/c1-3-4-10(7-9(2)15)12-5-6-13(19-12)14-11(16)8-17-18-14/h4-7,16H,3,8,15H2,1-2H3/b9-7-,10-4+. The molecular weight excluding hydrogens is 262 g/mol. The molecule has 2 heterocycles. The van der Waals surface area contributed by atoms with Crippen LogP contribution in [-0.2, 0) is 9.78 Å². The second-order valence-corrected chi connectivity index (χ2v) is 5.33. The first-order valence-electron chi connectivity index (χ1n) is 6.08. The SMILES string of the molecule is CC/C=C(\C=C(\C)N)c1ccc(C2=C(O)COO2)s1. The third-order valence-electron chi connectivity index (χ3n) is 2.52. The van der Waals surface area contributed by atoms with Gasteiger partial charge in [0.2, 0.25) is 5.76 Å². The fourth-order valence-corrected chi connectivity index (χ4v) is 2.77. The first-order chi connectivity index (χ1) is 9.11. The maximum atomic E-state index is 9.63. The second kappa shape index (κ2) is 5.95. The summed E-state index contributed by atoms with van der Waals surface area (Å²) in [7, 11) is 0. The Balaban J connectivity index is 2.32. The van der Waals surface area contributed by atoms with Gasteiger partial charge in [0.05, 0.1) is 4.88 Å². The van der Waals surface area contributed by atoms with Crippen LogP contribution >= 0.6 is 11.3 Å². The van der Waals surface area contributed by atoms with Crippen LogP contribution in [0.4, 0.5) is 0 Å². The Morgan fingerprint density at radius 2 is 2.32 bits per heavy atom. The molecule has 102 valence electrons. The normalized spacial score (nSPS) is 16.9. The third kappa shape index (κ3) is 3.19. The zero-order valence-corrected chi connectivity index (χ0v) is 11.8. The predicted molar refractivity (Wildman–Crippen MR) is 77.1 cm³/mol. The molecule has 0 fully saturated rings. The van der Waals surface area contributed by atoms with Crippen LogP contribution in [0.5, 0.6) is 0 Å². The Kier molecular flexibility index (Phi) is 4.29. The van der Waals surface area contributed by atoms with Crippen LogP contribution < -0.4 is 5.73 Å². The molecule has 1 aromatic heterocycles. The minimum Gasteiger partial charge on any atom is -0.506 e. The molecule has 1 aromatic rings. The predicted octanol–water partition coefficient (Wildman–Crippen LogP) is 3.59. The van der Waals surface area contributed by atoms with Crippen LogP contribution in [0.25, 0.3) is 11.3 Å². The van der Waals surface area contributed by atoms with Crippen molar-refractivity contribution in [1.82, 2.24) is 0 Å². The van der Waals surface area contributed by atoms with Crippen molar-refractivity contribution in [1.29, 1.82) is 0 Å². The molecule has 3 N–H and O–H groups in total. The van der Waals surface area contributed by atoms with E-state index in [1.54, 1.807) is 0 Å². The van der Waals surface area contributed by atoms with Gasteiger partial charge in [0.15, 0.2) is 12.4 Å². The Morgan fingerprint density at radius 3 is 2.89 bits per heavy atom. The van der Waals surface area contributed by atoms with E-state index in [1.807, 2.05) is 25.1 Å². The van der Waals surface area contributed by atoms with Crippen molar-refractivity contribution in [3.05, 3.63) is 45.5 Å². The number of hydrogen-bond donors (Lipinski definition) is 2. The van der Waals surface area contributed by atoms with Gasteiger partial charge in [-0.2, -0.15) is 4.89 Å². The maximum absolute atomic E-state index is 9.63. The zero-order chi connectivity index (χ0) is 13.8. The van der Waals surface area contributed by atoms with Gasteiger partial charge in [0.25, 0.3) is 0 Å². The van der Waals surface area contributed by atoms with Crippen molar-refractivity contribution >= 4 is 22.7 Å². The monoisotopic (exact) mass is 279 g/mol. The Morgan fingerprint density at radius 1 is 1.53 bits per heavy atom. The molecule has 2 rings (SSSR count). The summed E-state index contributed by atoms with van der Waals surface area (Å²) in [6, 6.07) is 3.90. The number of thiophene rings is 1. The molecule has 0 amide bonds. The highest BCUT2D eigenvalue weighted by atomic mass is 32.1. The molecule has 0 atom stereocenters. The summed E-state index contributed by atoms with van der Waals surface area (Å²) >= 11 is 1.53. The van der Waals surface area contributed by atoms with Crippen molar-refractivity contribution < 1.29 is 14.9 Å². The minimum absolute atomic E-state index is 0.0992. The summed E-state index contributed by atoms with van der Waals surface area (Å²) in [5.74, 6) is 0.528. The van der Waals surface area contributed by atoms with E-state index in [9.17, 15) is 5.11 Å². The zero-order valence-electron chi connectivity index (χ0n) is 11.0. The van der Waals surface area contributed by atoms with Gasteiger partial charge in [-0.25, -0.2) is 0 Å². The molecule has 1 aliphatic heterocycles. The van der Waals surface area contributed by atoms with Crippen LogP contribution in [0.15, 0.2) is 35.7 Å². The van der Waals surface area contributed by atoms with E-state index in [4.69, 9.17) is 15.5 Å². The molecule has 0 aromatic carbocycles. The van der Waals surface area contributed by atoms with Crippen molar-refractivity contribution in [3.63, 3.8) is 0 Å². The Labute approximate surface area is 116 Å². The fourth-order valence-electron chi connectivity index (χ4n) is 1.75. The number of rotatable bonds is 4. The lowest BCUT2D eigenvalue weighted by atomic mass is 10.1. The number of aliphatic hydroxyl groups excluding tert-OH is 1. The van der Waals surface area contributed by atoms with Gasteiger partial charge in [-0.15, -0.1) is 11.3 Å². The van der Waals surface area contributed by atoms with E-state index in [0.717, 1.165) is 27.4 Å². The summed E-state index contributed by atoms with van der Waals surface area (Å²) in [5, 5.41) is 9.63. The lowest BCUT2D eigenvalue weighted by Crippen LogP contribution is -1.90. The highest BCUT2D eigenvalue weighted by Crippen LogP contribution is 2.34. The van der Waals surface area contributed by atoms with Crippen molar-refractivity contribution in [2.24, 2.45) is 5.73 Å². The maximum Gasteiger partial charge on any atom is 0.222 e. The molecule has 0 saturated carbocycles. The van der Waals surface area contributed by atoms with Gasteiger partial charge in [-0.1, -0.05) is 13.0 Å². The van der Waals surface area contributed by atoms with E-state index in [1.165, 1.54) is 11.3 Å². The van der Waals surface area contributed by atoms with Gasteiger partial charge in [-0.05, 0) is 37.1 Å². The smallest absolute Gasteiger partial charge is 0.222 e. The van der Waals surface area contributed by atoms with E-state index < -0.39 is 0 Å².